The maximum Gasteiger partial charge on any atom is 0.214 e. The van der Waals surface area contributed by atoms with Crippen molar-refractivity contribution in [2.24, 2.45) is 0 Å². The fraction of sp³-hybridized carbons (Fsp3) is 0.200. The average molecular weight is 559 g/mol. The van der Waals surface area contributed by atoms with Crippen LogP contribution in [0.15, 0.2) is 65.1 Å². The lowest BCUT2D eigenvalue weighted by atomic mass is 10.2. The highest BCUT2D eigenvalue weighted by Gasteiger charge is 2.16. The van der Waals surface area contributed by atoms with Gasteiger partial charge in [0.1, 0.15) is 18.2 Å². The molecule has 0 saturated heterocycles. The highest BCUT2D eigenvalue weighted by molar-refractivity contribution is 9.10. The van der Waals surface area contributed by atoms with Crippen LogP contribution >= 0.6 is 28.1 Å². The summed E-state index contributed by atoms with van der Waals surface area (Å²) in [5.41, 5.74) is 5.90. The Morgan fingerprint density at radius 3 is 2.57 bits per heavy atom. The van der Waals surface area contributed by atoms with Crippen LogP contribution in [-0.4, -0.2) is 28.6 Å². The third-order valence-corrected chi connectivity index (χ3v) is 5.99. The van der Waals surface area contributed by atoms with Gasteiger partial charge in [-0.3, -0.25) is 0 Å². The van der Waals surface area contributed by atoms with E-state index in [-0.39, 0.29) is 12.4 Å². The Bertz CT molecular complexity index is 1360. The summed E-state index contributed by atoms with van der Waals surface area (Å²) in [6, 6.07) is 17.6. The Hall–Kier alpha value is -3.37. The van der Waals surface area contributed by atoms with Gasteiger partial charge in [0, 0.05) is 0 Å². The lowest BCUT2D eigenvalue weighted by Crippen LogP contribution is -2.16. The van der Waals surface area contributed by atoms with Gasteiger partial charge < -0.3 is 19.6 Å². The van der Waals surface area contributed by atoms with E-state index in [0.29, 0.717) is 41.0 Å². The van der Waals surface area contributed by atoms with E-state index < -0.39 is 0 Å². The largest absolute Gasteiger partial charge is 0.496 e. The van der Waals surface area contributed by atoms with Crippen LogP contribution in [0.3, 0.4) is 0 Å². The number of rotatable bonds is 10. The van der Waals surface area contributed by atoms with Crippen LogP contribution in [0.25, 0.3) is 11.4 Å². The van der Waals surface area contributed by atoms with Gasteiger partial charge in [0.25, 0.3) is 0 Å². The van der Waals surface area contributed by atoms with Gasteiger partial charge in [-0.15, -0.1) is 0 Å². The molecular formula is C25H24BrFN4O3S. The van der Waals surface area contributed by atoms with E-state index in [2.05, 4.69) is 31.6 Å². The quantitative estimate of drug-likeness (QED) is 0.224. The van der Waals surface area contributed by atoms with Crippen molar-refractivity contribution in [2.45, 2.75) is 20.1 Å². The number of H-pyrrole nitrogens is 1. The van der Waals surface area contributed by atoms with Gasteiger partial charge in [-0.05, 0) is 82.6 Å². The molecule has 0 spiro atoms. The second-order valence-corrected chi connectivity index (χ2v) is 8.72. The fourth-order valence-electron chi connectivity index (χ4n) is 3.49. The topological polar surface area (TPSA) is 73.3 Å². The molecule has 10 heteroatoms. The molecule has 7 nitrogen and oxygen atoms in total. The van der Waals surface area contributed by atoms with Gasteiger partial charge in [0.15, 0.2) is 17.3 Å². The molecule has 0 saturated carbocycles. The monoisotopic (exact) mass is 558 g/mol. The van der Waals surface area contributed by atoms with E-state index in [1.54, 1.807) is 23.9 Å². The number of aromatic amines is 1. The van der Waals surface area contributed by atoms with Crippen molar-refractivity contribution in [1.29, 1.82) is 0 Å². The molecule has 0 aliphatic carbocycles. The molecule has 182 valence electrons. The number of benzene rings is 3. The molecule has 0 bridgehead atoms. The summed E-state index contributed by atoms with van der Waals surface area (Å²) in [6.07, 6.45) is 0. The van der Waals surface area contributed by atoms with E-state index in [4.69, 9.17) is 26.4 Å². The van der Waals surface area contributed by atoms with Crippen LogP contribution in [0.5, 0.6) is 17.2 Å². The number of nitrogens with zero attached hydrogens (tertiary/aromatic N) is 2. The average Bonchev–Trinajstić information content (AvgIpc) is 3.23. The van der Waals surface area contributed by atoms with Gasteiger partial charge in [-0.2, -0.15) is 5.10 Å². The van der Waals surface area contributed by atoms with Gasteiger partial charge >= 0.3 is 0 Å². The molecule has 0 fully saturated rings. The summed E-state index contributed by atoms with van der Waals surface area (Å²) in [5.74, 6) is 2.19. The number of methoxy groups -OCH3 is 1. The first kappa shape index (κ1) is 24.7. The van der Waals surface area contributed by atoms with E-state index in [0.717, 1.165) is 21.2 Å². The predicted octanol–water partition coefficient (Wildman–Crippen LogP) is 6.24. The Kier molecular flexibility index (Phi) is 8.04. The Labute approximate surface area is 216 Å². The molecule has 0 radical (unpaired) electrons. The van der Waals surface area contributed by atoms with E-state index in [9.17, 15) is 4.39 Å². The van der Waals surface area contributed by atoms with Crippen LogP contribution in [-0.2, 0) is 13.2 Å². The van der Waals surface area contributed by atoms with E-state index in [1.807, 2.05) is 43.3 Å². The van der Waals surface area contributed by atoms with E-state index in [1.165, 1.54) is 12.1 Å². The van der Waals surface area contributed by atoms with Crippen LogP contribution < -0.4 is 19.6 Å². The highest BCUT2D eigenvalue weighted by Crippen LogP contribution is 2.37. The van der Waals surface area contributed by atoms with Gasteiger partial charge in [0.05, 0.1) is 30.3 Å². The number of ether oxygens (including phenoxy) is 3. The lowest BCUT2D eigenvalue weighted by Gasteiger charge is -2.17. The first-order chi connectivity index (χ1) is 17.0. The first-order valence-corrected chi connectivity index (χ1v) is 12.1. The molecule has 0 aliphatic heterocycles. The smallest absolute Gasteiger partial charge is 0.214 e. The van der Waals surface area contributed by atoms with Crippen LogP contribution in [0.1, 0.15) is 18.1 Å². The molecular weight excluding hydrogens is 535 g/mol. The molecule has 0 unspecified atom stereocenters. The minimum atomic E-state index is -0.284. The molecule has 3 aromatic carbocycles. The Morgan fingerprint density at radius 1 is 1.06 bits per heavy atom. The predicted molar refractivity (Wildman–Crippen MR) is 139 cm³/mol. The van der Waals surface area contributed by atoms with Crippen molar-refractivity contribution < 1.29 is 18.6 Å². The van der Waals surface area contributed by atoms with Crippen LogP contribution in [0.4, 0.5) is 4.39 Å². The van der Waals surface area contributed by atoms with Gasteiger partial charge in [0.2, 0.25) is 4.77 Å². The maximum atomic E-state index is 13.2. The number of nitrogens with one attached hydrogen (secondary N) is 2. The van der Waals surface area contributed by atoms with Crippen LogP contribution in [0, 0.1) is 10.6 Å². The number of para-hydroxylation sites is 1. The van der Waals surface area contributed by atoms with Crippen molar-refractivity contribution in [3.63, 3.8) is 0 Å². The van der Waals surface area contributed by atoms with Crippen molar-refractivity contribution in [2.75, 3.05) is 19.1 Å². The van der Waals surface area contributed by atoms with Gasteiger partial charge in [-0.1, -0.05) is 24.3 Å². The Morgan fingerprint density at radius 2 is 1.83 bits per heavy atom. The zero-order valence-electron chi connectivity index (χ0n) is 19.2. The lowest BCUT2D eigenvalue weighted by molar-refractivity contribution is 0.267. The molecule has 2 N–H and O–H groups in total. The zero-order valence-corrected chi connectivity index (χ0v) is 21.6. The first-order valence-electron chi connectivity index (χ1n) is 10.9. The fourth-order valence-corrected chi connectivity index (χ4v) is 4.29. The third-order valence-electron chi connectivity index (χ3n) is 5.13. The van der Waals surface area contributed by atoms with Crippen molar-refractivity contribution in [1.82, 2.24) is 14.9 Å². The van der Waals surface area contributed by atoms with Gasteiger partial charge in [-0.25, -0.2) is 14.2 Å². The second kappa shape index (κ2) is 11.4. The summed E-state index contributed by atoms with van der Waals surface area (Å²) in [6.45, 7) is 3.10. The summed E-state index contributed by atoms with van der Waals surface area (Å²) >= 11 is 9.04. The number of hydrogen-bond acceptors (Lipinski definition) is 6. The highest BCUT2D eigenvalue weighted by atomic mass is 79.9. The number of hydrogen-bond donors (Lipinski definition) is 2. The molecule has 0 amide bonds. The number of aromatic nitrogens is 3. The molecule has 4 aromatic rings. The molecule has 35 heavy (non-hydrogen) atoms. The minimum absolute atomic E-state index is 0.281. The molecule has 0 atom stereocenters. The van der Waals surface area contributed by atoms with Crippen molar-refractivity contribution >= 4 is 28.1 Å². The SMILES string of the molecule is CCOc1cc(CNn2c(-c3ccccc3OC)n[nH]c2=S)cc(Br)c1OCc1ccc(F)cc1. The zero-order chi connectivity index (χ0) is 24.8. The second-order valence-electron chi connectivity index (χ2n) is 7.48. The number of halogens is 2. The normalized spacial score (nSPS) is 10.7. The van der Waals surface area contributed by atoms with Crippen molar-refractivity contribution in [3.8, 4) is 28.6 Å². The standard InChI is InChI=1S/C25H24BrFN4O3S/c1-3-33-22-13-17(12-20(26)23(22)34-15-16-8-10-18(27)11-9-16)14-28-31-24(29-30-25(31)35)19-6-4-5-7-21(19)32-2/h4-13,28H,3,14-15H2,1-2H3,(H,30,35). The third kappa shape index (κ3) is 5.83. The van der Waals surface area contributed by atoms with Crippen molar-refractivity contribution in [3.05, 3.63) is 86.9 Å². The summed E-state index contributed by atoms with van der Waals surface area (Å²) < 4.78 is 33.4. The summed E-state index contributed by atoms with van der Waals surface area (Å²) in [7, 11) is 1.62. The molecule has 0 aliphatic rings. The van der Waals surface area contributed by atoms with Crippen LogP contribution in [0.2, 0.25) is 0 Å². The Balaban J connectivity index is 1.55. The molecule has 1 aromatic heterocycles. The molecule has 4 rings (SSSR count). The minimum Gasteiger partial charge on any atom is -0.496 e. The molecule has 1 heterocycles. The maximum absolute atomic E-state index is 13.2. The van der Waals surface area contributed by atoms with E-state index >= 15 is 0 Å². The summed E-state index contributed by atoms with van der Waals surface area (Å²) in [5, 5.41) is 7.20. The summed E-state index contributed by atoms with van der Waals surface area (Å²) in [4.78, 5) is 0.